The van der Waals surface area contributed by atoms with Crippen molar-refractivity contribution in [1.29, 1.82) is 0 Å². The average molecular weight is 304 g/mol. The molecule has 1 aromatic heterocycles. The molecule has 0 unspecified atom stereocenters. The van der Waals surface area contributed by atoms with Gasteiger partial charge in [0.1, 0.15) is 18.1 Å². The van der Waals surface area contributed by atoms with Crippen molar-refractivity contribution >= 4 is 22.9 Å². The number of nitrogens with one attached hydrogen (secondary N) is 2. The lowest BCUT2D eigenvalue weighted by atomic mass is 10.1. The van der Waals surface area contributed by atoms with Gasteiger partial charge in [0.05, 0.1) is 12.0 Å². The molecule has 1 aliphatic heterocycles. The number of anilines is 1. The molecule has 110 valence electrons. The van der Waals surface area contributed by atoms with E-state index in [1.807, 2.05) is 23.6 Å². The first-order valence-corrected chi connectivity index (χ1v) is 7.54. The highest BCUT2D eigenvalue weighted by Gasteiger charge is 2.13. The Hall–Kier alpha value is -2.05. The van der Waals surface area contributed by atoms with E-state index in [4.69, 9.17) is 9.47 Å². The lowest BCUT2D eigenvalue weighted by Gasteiger charge is -2.09. The zero-order valence-electron chi connectivity index (χ0n) is 11.6. The van der Waals surface area contributed by atoms with Gasteiger partial charge in [0.2, 0.25) is 0 Å². The summed E-state index contributed by atoms with van der Waals surface area (Å²) in [7, 11) is 1.59. The fourth-order valence-electron chi connectivity index (χ4n) is 2.13. The van der Waals surface area contributed by atoms with Crippen molar-refractivity contribution in [2.75, 3.05) is 25.6 Å². The molecule has 1 aromatic carbocycles. The Morgan fingerprint density at radius 3 is 3.14 bits per heavy atom. The van der Waals surface area contributed by atoms with E-state index in [0.29, 0.717) is 17.2 Å². The number of ether oxygens (including phenoxy) is 2. The van der Waals surface area contributed by atoms with Gasteiger partial charge in [-0.05, 0) is 18.2 Å². The zero-order chi connectivity index (χ0) is 14.7. The third kappa shape index (κ3) is 3.17. The Bertz CT molecular complexity index is 654. The van der Waals surface area contributed by atoms with Gasteiger partial charge in [0.15, 0.2) is 0 Å². The molecule has 1 aliphatic rings. The van der Waals surface area contributed by atoms with Crippen LogP contribution in [0.25, 0.3) is 0 Å². The van der Waals surface area contributed by atoms with E-state index in [9.17, 15) is 4.79 Å². The van der Waals surface area contributed by atoms with Crippen LogP contribution in [0.15, 0.2) is 29.6 Å². The smallest absolute Gasteiger partial charge is 0.265 e. The third-order valence-corrected chi connectivity index (χ3v) is 4.11. The summed E-state index contributed by atoms with van der Waals surface area (Å²) < 4.78 is 10.7. The van der Waals surface area contributed by atoms with Crippen LogP contribution < -0.4 is 20.1 Å². The van der Waals surface area contributed by atoms with Gasteiger partial charge < -0.3 is 20.1 Å². The standard InChI is InChI=1S/C15H16N2O3S/c1-19-12-7-14(21-9-12)15(18)17-11-2-3-13-10(6-11)8-16-4-5-20-13/h2-3,6-7,9,16H,4-5,8H2,1H3,(H,17,18). The van der Waals surface area contributed by atoms with Gasteiger partial charge in [-0.15, -0.1) is 11.3 Å². The monoisotopic (exact) mass is 304 g/mol. The quantitative estimate of drug-likeness (QED) is 0.914. The number of hydrogen-bond acceptors (Lipinski definition) is 5. The van der Waals surface area contributed by atoms with Crippen LogP contribution in [0, 0.1) is 0 Å². The van der Waals surface area contributed by atoms with Gasteiger partial charge in [-0.3, -0.25) is 4.79 Å². The van der Waals surface area contributed by atoms with Gasteiger partial charge in [-0.2, -0.15) is 0 Å². The number of thiophene rings is 1. The molecule has 0 saturated heterocycles. The molecule has 0 aliphatic carbocycles. The van der Waals surface area contributed by atoms with Gasteiger partial charge >= 0.3 is 0 Å². The van der Waals surface area contributed by atoms with Gasteiger partial charge in [0.25, 0.3) is 5.91 Å². The second-order valence-electron chi connectivity index (χ2n) is 4.65. The summed E-state index contributed by atoms with van der Waals surface area (Å²) >= 11 is 1.36. The lowest BCUT2D eigenvalue weighted by Crippen LogP contribution is -2.16. The fraction of sp³-hybridized carbons (Fsp3) is 0.267. The molecule has 0 atom stereocenters. The van der Waals surface area contributed by atoms with Crippen LogP contribution in [-0.4, -0.2) is 26.2 Å². The predicted octanol–water partition coefficient (Wildman–Crippen LogP) is 2.49. The Morgan fingerprint density at radius 1 is 1.43 bits per heavy atom. The molecule has 0 radical (unpaired) electrons. The number of fused-ring (bicyclic) bond motifs is 1. The maximum Gasteiger partial charge on any atom is 0.265 e. The molecule has 0 saturated carbocycles. The SMILES string of the molecule is COc1csc(C(=O)Nc2ccc3c(c2)CNCCO3)c1. The topological polar surface area (TPSA) is 59.6 Å². The highest BCUT2D eigenvalue weighted by Crippen LogP contribution is 2.26. The van der Waals surface area contributed by atoms with Crippen LogP contribution in [0.4, 0.5) is 5.69 Å². The molecule has 6 heteroatoms. The molecule has 0 bridgehead atoms. The summed E-state index contributed by atoms with van der Waals surface area (Å²) in [4.78, 5) is 12.8. The Balaban J connectivity index is 1.75. The zero-order valence-corrected chi connectivity index (χ0v) is 12.5. The van der Waals surface area contributed by atoms with E-state index in [1.165, 1.54) is 11.3 Å². The summed E-state index contributed by atoms with van der Waals surface area (Å²) in [5.74, 6) is 1.44. The molecule has 0 spiro atoms. The van der Waals surface area contributed by atoms with Crippen LogP contribution >= 0.6 is 11.3 Å². The fourth-order valence-corrected chi connectivity index (χ4v) is 2.88. The minimum Gasteiger partial charge on any atom is -0.496 e. The molecule has 5 nitrogen and oxygen atoms in total. The number of carbonyl (C=O) groups excluding carboxylic acids is 1. The van der Waals surface area contributed by atoms with E-state index in [0.717, 1.165) is 30.1 Å². The average Bonchev–Trinajstić information content (AvgIpc) is 2.86. The predicted molar refractivity (Wildman–Crippen MR) is 82.5 cm³/mol. The minimum atomic E-state index is -0.134. The largest absolute Gasteiger partial charge is 0.496 e. The first-order chi connectivity index (χ1) is 10.3. The summed E-state index contributed by atoms with van der Waals surface area (Å²) in [6.45, 7) is 2.23. The second kappa shape index (κ2) is 6.15. The molecule has 21 heavy (non-hydrogen) atoms. The number of amides is 1. The number of hydrogen-bond donors (Lipinski definition) is 2. The van der Waals surface area contributed by atoms with Crippen LogP contribution in [0.1, 0.15) is 15.2 Å². The molecule has 3 rings (SSSR count). The highest BCUT2D eigenvalue weighted by molar-refractivity contribution is 7.12. The van der Waals surface area contributed by atoms with Crippen molar-refractivity contribution in [3.05, 3.63) is 40.1 Å². The van der Waals surface area contributed by atoms with Crippen molar-refractivity contribution < 1.29 is 14.3 Å². The molecule has 1 amide bonds. The lowest BCUT2D eigenvalue weighted by molar-refractivity contribution is 0.103. The second-order valence-corrected chi connectivity index (χ2v) is 5.56. The number of methoxy groups -OCH3 is 1. The number of benzene rings is 1. The molecule has 2 aromatic rings. The van der Waals surface area contributed by atoms with E-state index >= 15 is 0 Å². The van der Waals surface area contributed by atoms with E-state index in [1.54, 1.807) is 13.2 Å². The van der Waals surface area contributed by atoms with E-state index in [2.05, 4.69) is 10.6 Å². The van der Waals surface area contributed by atoms with Crippen LogP contribution in [0.5, 0.6) is 11.5 Å². The maximum atomic E-state index is 12.2. The van der Waals surface area contributed by atoms with Crippen molar-refractivity contribution in [3.8, 4) is 11.5 Å². The summed E-state index contributed by atoms with van der Waals surface area (Å²) in [6.07, 6.45) is 0. The molecule has 0 fully saturated rings. The van der Waals surface area contributed by atoms with Crippen molar-refractivity contribution in [2.45, 2.75) is 6.54 Å². The highest BCUT2D eigenvalue weighted by atomic mass is 32.1. The first kappa shape index (κ1) is 13.9. The van der Waals surface area contributed by atoms with Gasteiger partial charge in [0, 0.05) is 35.8 Å². The number of carbonyl (C=O) groups is 1. The van der Waals surface area contributed by atoms with E-state index < -0.39 is 0 Å². The third-order valence-electron chi connectivity index (χ3n) is 3.21. The normalized spacial score (nSPS) is 13.8. The van der Waals surface area contributed by atoms with Crippen LogP contribution in [0.3, 0.4) is 0 Å². The van der Waals surface area contributed by atoms with Crippen molar-refractivity contribution in [1.82, 2.24) is 5.32 Å². The maximum absolute atomic E-state index is 12.2. The summed E-state index contributed by atoms with van der Waals surface area (Å²) in [6, 6.07) is 7.42. The van der Waals surface area contributed by atoms with E-state index in [-0.39, 0.29) is 5.91 Å². The Morgan fingerprint density at radius 2 is 2.33 bits per heavy atom. The molecule has 2 N–H and O–H groups in total. The summed E-state index contributed by atoms with van der Waals surface area (Å²) in [5.41, 5.74) is 1.81. The number of rotatable bonds is 3. The summed E-state index contributed by atoms with van der Waals surface area (Å²) in [5, 5.41) is 7.98. The van der Waals surface area contributed by atoms with Gasteiger partial charge in [-0.25, -0.2) is 0 Å². The Kier molecular flexibility index (Phi) is 4.08. The van der Waals surface area contributed by atoms with Crippen molar-refractivity contribution in [2.24, 2.45) is 0 Å². The molecule has 2 heterocycles. The molecular weight excluding hydrogens is 288 g/mol. The van der Waals surface area contributed by atoms with Crippen LogP contribution in [0.2, 0.25) is 0 Å². The Labute approximate surface area is 126 Å². The first-order valence-electron chi connectivity index (χ1n) is 6.66. The molecular formula is C15H16N2O3S. The van der Waals surface area contributed by atoms with Gasteiger partial charge in [-0.1, -0.05) is 0 Å². The van der Waals surface area contributed by atoms with Crippen LogP contribution in [-0.2, 0) is 6.54 Å². The minimum absolute atomic E-state index is 0.134. The van der Waals surface area contributed by atoms with Crippen molar-refractivity contribution in [3.63, 3.8) is 0 Å².